The van der Waals surface area contributed by atoms with E-state index in [-0.39, 0.29) is 4.90 Å². The average Bonchev–Trinajstić information content (AvgIpc) is 3.21. The zero-order valence-electron chi connectivity index (χ0n) is 15.7. The molecule has 8 nitrogen and oxygen atoms in total. The van der Waals surface area contributed by atoms with Crippen molar-refractivity contribution in [3.8, 4) is 5.69 Å². The van der Waals surface area contributed by atoms with Crippen LogP contribution < -0.4 is 4.72 Å². The molecule has 0 fully saturated rings. The molecular formula is C20H19N5O3S. The van der Waals surface area contributed by atoms with Gasteiger partial charge in [-0.25, -0.2) is 13.1 Å². The van der Waals surface area contributed by atoms with Gasteiger partial charge in [-0.15, -0.1) is 5.10 Å². The molecule has 29 heavy (non-hydrogen) atoms. The van der Waals surface area contributed by atoms with Crippen molar-refractivity contribution in [3.05, 3.63) is 72.8 Å². The third-order valence-electron chi connectivity index (χ3n) is 4.28. The van der Waals surface area contributed by atoms with E-state index in [1.807, 2.05) is 19.1 Å². The Kier molecular flexibility index (Phi) is 5.24. The number of fused-ring (bicyclic) bond motifs is 1. The predicted octanol–water partition coefficient (Wildman–Crippen LogP) is 3.15. The molecule has 0 saturated carbocycles. The predicted molar refractivity (Wildman–Crippen MR) is 109 cm³/mol. The van der Waals surface area contributed by atoms with Gasteiger partial charge in [0.2, 0.25) is 0 Å². The minimum Gasteiger partial charge on any atom is -0.375 e. The standard InChI is InChI=1S/C20H19N5O3S/c1-2-28-14-18-13-25(24-22-18)19-4-3-5-20(11-19)29(26,27)23-17-7-6-16-12-21-9-8-15(16)10-17/h3-13,23H,2,14H2,1H3. The molecule has 0 aliphatic rings. The molecule has 9 heteroatoms. The van der Waals surface area contributed by atoms with Gasteiger partial charge in [0, 0.05) is 30.1 Å². The van der Waals surface area contributed by atoms with Crippen LogP contribution in [0, 0.1) is 0 Å². The van der Waals surface area contributed by atoms with Gasteiger partial charge in [0.05, 0.1) is 23.4 Å². The molecule has 148 valence electrons. The molecule has 2 aromatic heterocycles. The van der Waals surface area contributed by atoms with Crippen LogP contribution in [0.4, 0.5) is 5.69 Å². The minimum absolute atomic E-state index is 0.131. The molecule has 1 N–H and O–H groups in total. The van der Waals surface area contributed by atoms with Crippen molar-refractivity contribution in [2.75, 3.05) is 11.3 Å². The number of pyridine rings is 1. The lowest BCUT2D eigenvalue weighted by Crippen LogP contribution is -2.13. The summed E-state index contributed by atoms with van der Waals surface area (Å²) >= 11 is 0. The lowest BCUT2D eigenvalue weighted by Gasteiger charge is -2.10. The number of ether oxygens (including phenoxy) is 1. The van der Waals surface area contributed by atoms with Crippen LogP contribution in [0.3, 0.4) is 0 Å². The van der Waals surface area contributed by atoms with Crippen molar-refractivity contribution < 1.29 is 13.2 Å². The number of hydrogen-bond acceptors (Lipinski definition) is 6. The van der Waals surface area contributed by atoms with Crippen LogP contribution in [-0.4, -0.2) is 35.0 Å². The van der Waals surface area contributed by atoms with E-state index in [1.54, 1.807) is 48.9 Å². The molecule has 2 heterocycles. The van der Waals surface area contributed by atoms with Gasteiger partial charge in [-0.05, 0) is 48.7 Å². The first kappa shape index (κ1) is 19.0. The van der Waals surface area contributed by atoms with E-state index in [9.17, 15) is 8.42 Å². The van der Waals surface area contributed by atoms with Crippen LogP contribution in [0.15, 0.2) is 72.0 Å². The fraction of sp³-hybridized carbons (Fsp3) is 0.150. The molecule has 0 aliphatic carbocycles. The molecular weight excluding hydrogens is 390 g/mol. The van der Waals surface area contributed by atoms with E-state index in [0.717, 1.165) is 10.8 Å². The van der Waals surface area contributed by atoms with Crippen LogP contribution in [0.1, 0.15) is 12.6 Å². The maximum absolute atomic E-state index is 12.9. The van der Waals surface area contributed by atoms with Gasteiger partial charge in [-0.2, -0.15) is 0 Å². The van der Waals surface area contributed by atoms with Gasteiger partial charge in [-0.3, -0.25) is 9.71 Å². The van der Waals surface area contributed by atoms with E-state index < -0.39 is 10.0 Å². The Balaban J connectivity index is 1.59. The second kappa shape index (κ2) is 7.98. The topological polar surface area (TPSA) is 99.0 Å². The Bertz CT molecular complexity index is 1250. The fourth-order valence-electron chi connectivity index (χ4n) is 2.85. The third-order valence-corrected chi connectivity index (χ3v) is 5.66. The first-order chi connectivity index (χ1) is 14.0. The minimum atomic E-state index is -3.77. The highest BCUT2D eigenvalue weighted by Crippen LogP contribution is 2.22. The van der Waals surface area contributed by atoms with Crippen molar-refractivity contribution in [2.45, 2.75) is 18.4 Å². The number of anilines is 1. The summed E-state index contributed by atoms with van der Waals surface area (Å²) < 4.78 is 35.2. The fourth-order valence-corrected chi connectivity index (χ4v) is 3.94. The lowest BCUT2D eigenvalue weighted by molar-refractivity contribution is 0.131. The molecule has 0 atom stereocenters. The van der Waals surface area contributed by atoms with Crippen molar-refractivity contribution in [1.29, 1.82) is 0 Å². The molecule has 0 bridgehead atoms. The molecule has 0 saturated heterocycles. The maximum Gasteiger partial charge on any atom is 0.261 e. The molecule has 0 amide bonds. The third kappa shape index (κ3) is 4.25. The zero-order valence-corrected chi connectivity index (χ0v) is 16.5. The summed E-state index contributed by atoms with van der Waals surface area (Å²) in [5.74, 6) is 0. The summed E-state index contributed by atoms with van der Waals surface area (Å²) in [6, 6.07) is 13.7. The summed E-state index contributed by atoms with van der Waals surface area (Å²) in [7, 11) is -3.77. The van der Waals surface area contributed by atoms with Gasteiger partial charge >= 0.3 is 0 Å². The van der Waals surface area contributed by atoms with Crippen LogP contribution in [-0.2, 0) is 21.4 Å². The van der Waals surface area contributed by atoms with Gasteiger partial charge in [0.1, 0.15) is 5.69 Å². The summed E-state index contributed by atoms with van der Waals surface area (Å²) in [6.07, 6.45) is 5.11. The van der Waals surface area contributed by atoms with Gasteiger partial charge < -0.3 is 4.74 Å². The van der Waals surface area contributed by atoms with Gasteiger partial charge in [0.15, 0.2) is 0 Å². The number of nitrogens with one attached hydrogen (secondary N) is 1. The number of nitrogens with zero attached hydrogens (tertiary/aromatic N) is 4. The molecule has 0 radical (unpaired) electrons. The molecule has 2 aromatic carbocycles. The second-order valence-electron chi connectivity index (χ2n) is 6.33. The van der Waals surface area contributed by atoms with Crippen LogP contribution >= 0.6 is 0 Å². The van der Waals surface area contributed by atoms with E-state index >= 15 is 0 Å². The summed E-state index contributed by atoms with van der Waals surface area (Å²) in [6.45, 7) is 2.84. The van der Waals surface area contributed by atoms with Crippen LogP contribution in [0.5, 0.6) is 0 Å². The van der Waals surface area contributed by atoms with Crippen molar-refractivity contribution in [1.82, 2.24) is 20.0 Å². The highest BCUT2D eigenvalue weighted by Gasteiger charge is 2.16. The number of aromatic nitrogens is 4. The number of hydrogen-bond donors (Lipinski definition) is 1. The highest BCUT2D eigenvalue weighted by atomic mass is 32.2. The lowest BCUT2D eigenvalue weighted by atomic mass is 10.2. The Morgan fingerprint density at radius 2 is 2.00 bits per heavy atom. The van der Waals surface area contributed by atoms with Crippen molar-refractivity contribution in [2.24, 2.45) is 0 Å². The molecule has 4 rings (SSSR count). The molecule has 4 aromatic rings. The maximum atomic E-state index is 12.9. The van der Waals surface area contributed by atoms with E-state index in [4.69, 9.17) is 4.74 Å². The van der Waals surface area contributed by atoms with Crippen LogP contribution in [0.25, 0.3) is 16.5 Å². The van der Waals surface area contributed by atoms with E-state index in [0.29, 0.717) is 30.3 Å². The summed E-state index contributed by atoms with van der Waals surface area (Å²) in [4.78, 5) is 4.19. The largest absolute Gasteiger partial charge is 0.375 e. The summed E-state index contributed by atoms with van der Waals surface area (Å²) in [5, 5.41) is 9.92. The zero-order chi connectivity index (χ0) is 20.3. The van der Waals surface area contributed by atoms with Crippen molar-refractivity contribution >= 4 is 26.5 Å². The van der Waals surface area contributed by atoms with Gasteiger partial charge in [-0.1, -0.05) is 17.3 Å². The normalized spacial score (nSPS) is 11.6. The average molecular weight is 409 g/mol. The Morgan fingerprint density at radius 3 is 2.86 bits per heavy atom. The first-order valence-electron chi connectivity index (χ1n) is 9.01. The highest BCUT2D eigenvalue weighted by molar-refractivity contribution is 7.92. The number of sulfonamides is 1. The monoisotopic (exact) mass is 409 g/mol. The Morgan fingerprint density at radius 1 is 1.10 bits per heavy atom. The van der Waals surface area contributed by atoms with Gasteiger partial charge in [0.25, 0.3) is 10.0 Å². The molecule has 0 aliphatic heterocycles. The summed E-state index contributed by atoms with van der Waals surface area (Å²) in [5.41, 5.74) is 1.74. The molecule has 0 spiro atoms. The van der Waals surface area contributed by atoms with E-state index in [2.05, 4.69) is 20.0 Å². The number of rotatable bonds is 7. The first-order valence-corrected chi connectivity index (χ1v) is 10.5. The Hall–Kier alpha value is -3.30. The number of benzene rings is 2. The van der Waals surface area contributed by atoms with Crippen LogP contribution in [0.2, 0.25) is 0 Å². The SMILES string of the molecule is CCOCc1cn(-c2cccc(S(=O)(=O)Nc3ccc4cnccc4c3)c2)nn1. The smallest absolute Gasteiger partial charge is 0.261 e. The Labute approximate surface area is 168 Å². The second-order valence-corrected chi connectivity index (χ2v) is 8.01. The van der Waals surface area contributed by atoms with E-state index in [1.165, 1.54) is 10.7 Å². The molecule has 0 unspecified atom stereocenters. The quantitative estimate of drug-likeness (QED) is 0.503. The van der Waals surface area contributed by atoms with Crippen molar-refractivity contribution in [3.63, 3.8) is 0 Å².